The van der Waals surface area contributed by atoms with Gasteiger partial charge in [0.25, 0.3) is 6.33 Å². The summed E-state index contributed by atoms with van der Waals surface area (Å²) in [5, 5.41) is 2.86. The summed E-state index contributed by atoms with van der Waals surface area (Å²) in [7, 11) is 1.92. The number of carbonyl (C=O) groups excluding carboxylic acids is 1. The number of nitrogens with one attached hydrogen (secondary N) is 1. The summed E-state index contributed by atoms with van der Waals surface area (Å²) in [4.78, 5) is 11.3. The van der Waals surface area contributed by atoms with Crippen molar-refractivity contribution in [1.82, 2.24) is 9.88 Å². The normalized spacial score (nSPS) is 20.2. The fourth-order valence-electron chi connectivity index (χ4n) is 1.57. The number of hydrogen-bond donors (Lipinski definition) is 1. The summed E-state index contributed by atoms with van der Waals surface area (Å²) in [6.45, 7) is 2.01. The largest absolute Gasteiger partial charge is 1.00 e. The van der Waals surface area contributed by atoms with Gasteiger partial charge < -0.3 is 29.3 Å². The van der Waals surface area contributed by atoms with Crippen LogP contribution in [0, 0.1) is 0 Å². The molecule has 1 aromatic rings. The van der Waals surface area contributed by atoms with Crippen molar-refractivity contribution in [2.24, 2.45) is 7.05 Å². The molecule has 72 valence electrons. The van der Waals surface area contributed by atoms with Gasteiger partial charge >= 0.3 is 6.03 Å². The molecule has 1 N–H and O–H groups in total. The summed E-state index contributed by atoms with van der Waals surface area (Å²) in [6, 6.07) is 0.226. The van der Waals surface area contributed by atoms with E-state index in [2.05, 4.69) is 5.32 Å². The Kier molecular flexibility index (Phi) is 2.94. The Morgan fingerprint density at radius 2 is 2.38 bits per heavy atom. The van der Waals surface area contributed by atoms with Crippen LogP contribution in [0.3, 0.4) is 0 Å². The summed E-state index contributed by atoms with van der Waals surface area (Å²) >= 11 is 0. The third-order valence-corrected chi connectivity index (χ3v) is 2.06. The minimum atomic E-state index is -0.0237. The van der Waals surface area contributed by atoms with E-state index < -0.39 is 0 Å². The van der Waals surface area contributed by atoms with Crippen molar-refractivity contribution in [3.63, 3.8) is 0 Å². The van der Waals surface area contributed by atoms with Crippen molar-refractivity contribution in [3.05, 3.63) is 18.2 Å². The predicted octanol–water partition coefficient (Wildman–Crippen LogP) is -3.18. The van der Waals surface area contributed by atoms with Crippen molar-refractivity contribution in [2.75, 3.05) is 0 Å². The molecule has 1 aliphatic rings. The van der Waals surface area contributed by atoms with Crippen LogP contribution < -0.4 is 33.9 Å². The topological polar surface area (TPSA) is 37.9 Å². The first kappa shape index (κ1) is 10.5. The van der Waals surface area contributed by atoms with Gasteiger partial charge in [0, 0.05) is 12.5 Å². The van der Waals surface area contributed by atoms with Gasteiger partial charge in [-0.2, -0.15) is 0 Å². The van der Waals surface area contributed by atoms with Gasteiger partial charge in [-0.25, -0.2) is 9.36 Å². The van der Waals surface area contributed by atoms with Crippen molar-refractivity contribution in [2.45, 2.75) is 19.4 Å². The van der Waals surface area contributed by atoms with Crippen LogP contribution in [-0.4, -0.2) is 16.6 Å². The van der Waals surface area contributed by atoms with Crippen LogP contribution in [-0.2, 0) is 13.5 Å². The first-order valence-corrected chi connectivity index (χ1v) is 4.04. The van der Waals surface area contributed by atoms with Gasteiger partial charge in [0.1, 0.15) is 6.20 Å². The predicted molar refractivity (Wildman–Crippen MR) is 42.7 cm³/mol. The minimum Gasteiger partial charge on any atom is -1.00 e. The molecule has 0 bridgehead atoms. The molecule has 1 atom stereocenters. The van der Waals surface area contributed by atoms with Crippen LogP contribution in [0.15, 0.2) is 12.5 Å². The molecule has 1 amide bonds. The molecule has 2 heterocycles. The Hall–Kier alpha value is -0.590. The zero-order chi connectivity index (χ0) is 8.72. The van der Waals surface area contributed by atoms with Gasteiger partial charge in [-0.15, -0.1) is 4.57 Å². The highest BCUT2D eigenvalue weighted by atomic mass is 127. The second kappa shape index (κ2) is 3.65. The third kappa shape index (κ3) is 1.84. The highest BCUT2D eigenvalue weighted by Gasteiger charge is 2.27. The molecule has 0 aromatic carbocycles. The van der Waals surface area contributed by atoms with Crippen LogP contribution in [0.5, 0.6) is 0 Å². The van der Waals surface area contributed by atoms with E-state index in [0.717, 1.165) is 12.1 Å². The summed E-state index contributed by atoms with van der Waals surface area (Å²) in [5.41, 5.74) is 1.08. The molecule has 1 aromatic heterocycles. The Labute approximate surface area is 94.0 Å². The van der Waals surface area contributed by atoms with E-state index in [1.807, 2.05) is 24.7 Å². The van der Waals surface area contributed by atoms with Crippen molar-refractivity contribution >= 4 is 6.03 Å². The molecule has 0 saturated heterocycles. The number of amides is 1. The van der Waals surface area contributed by atoms with Crippen molar-refractivity contribution in [3.8, 4) is 0 Å². The molecule has 0 unspecified atom stereocenters. The maximum absolute atomic E-state index is 11.3. The van der Waals surface area contributed by atoms with E-state index in [-0.39, 0.29) is 36.0 Å². The molecule has 0 spiro atoms. The SMILES string of the molecule is C[C@@H]1Cc2c[n+](C)cn2C(=O)N1.[I-]. The van der Waals surface area contributed by atoms with Crippen LogP contribution in [0.2, 0.25) is 0 Å². The fraction of sp³-hybridized carbons (Fsp3) is 0.500. The van der Waals surface area contributed by atoms with E-state index in [1.54, 1.807) is 10.9 Å². The molecule has 4 nitrogen and oxygen atoms in total. The van der Waals surface area contributed by atoms with E-state index in [1.165, 1.54) is 0 Å². The van der Waals surface area contributed by atoms with E-state index >= 15 is 0 Å². The number of nitrogens with zero attached hydrogens (tertiary/aromatic N) is 2. The van der Waals surface area contributed by atoms with E-state index in [9.17, 15) is 4.79 Å². The number of hydrogen-bond acceptors (Lipinski definition) is 1. The van der Waals surface area contributed by atoms with Gasteiger partial charge in [0.2, 0.25) is 0 Å². The molecule has 5 heteroatoms. The Balaban J connectivity index is 0.000000845. The number of carbonyl (C=O) groups is 1. The zero-order valence-corrected chi connectivity index (χ0v) is 9.78. The summed E-state index contributed by atoms with van der Waals surface area (Å²) in [5.74, 6) is 0. The average molecular weight is 293 g/mol. The molecule has 1 aliphatic heterocycles. The number of fused-ring (bicyclic) bond motifs is 1. The Morgan fingerprint density at radius 1 is 1.69 bits per heavy atom. The molecule has 13 heavy (non-hydrogen) atoms. The average Bonchev–Trinajstić information content (AvgIpc) is 2.29. The molecular formula is C8H12IN3O. The standard InChI is InChI=1S/C8H11N3O.HI/c1-6-3-7-4-10(2)5-11(7)8(12)9-6;/h4-6H,3H2,1-2H3;1H/t6-;/m1./s1. The fourth-order valence-corrected chi connectivity index (χ4v) is 1.57. The third-order valence-electron chi connectivity index (χ3n) is 2.06. The lowest BCUT2D eigenvalue weighted by molar-refractivity contribution is -0.670. The van der Waals surface area contributed by atoms with Crippen LogP contribution in [0.1, 0.15) is 12.6 Å². The first-order valence-electron chi connectivity index (χ1n) is 4.04. The van der Waals surface area contributed by atoms with Gasteiger partial charge in [0.15, 0.2) is 5.69 Å². The monoisotopic (exact) mass is 293 g/mol. The summed E-state index contributed by atoms with van der Waals surface area (Å²) < 4.78 is 3.55. The highest BCUT2D eigenvalue weighted by Crippen LogP contribution is 2.07. The minimum absolute atomic E-state index is 0. The van der Waals surface area contributed by atoms with Crippen molar-refractivity contribution < 1.29 is 33.3 Å². The van der Waals surface area contributed by atoms with Crippen LogP contribution in [0.4, 0.5) is 4.79 Å². The molecular weight excluding hydrogens is 281 g/mol. The van der Waals surface area contributed by atoms with Gasteiger partial charge in [-0.05, 0) is 6.92 Å². The first-order chi connectivity index (χ1) is 5.66. The number of aryl methyl sites for hydroxylation is 1. The molecule has 0 radical (unpaired) electrons. The number of aromatic nitrogens is 2. The maximum Gasteiger partial charge on any atom is 0.413 e. The van der Waals surface area contributed by atoms with Crippen molar-refractivity contribution in [1.29, 1.82) is 0 Å². The smallest absolute Gasteiger partial charge is 0.413 e. The second-order valence-corrected chi connectivity index (χ2v) is 3.33. The highest BCUT2D eigenvalue weighted by molar-refractivity contribution is 5.78. The van der Waals surface area contributed by atoms with E-state index in [4.69, 9.17) is 0 Å². The molecule has 2 rings (SSSR count). The number of halogens is 1. The second-order valence-electron chi connectivity index (χ2n) is 3.33. The molecule has 0 aliphatic carbocycles. The van der Waals surface area contributed by atoms with Gasteiger partial charge in [0.05, 0.1) is 7.05 Å². The molecule has 0 saturated carbocycles. The zero-order valence-electron chi connectivity index (χ0n) is 7.62. The van der Waals surface area contributed by atoms with E-state index in [0.29, 0.717) is 0 Å². The quantitative estimate of drug-likeness (QED) is 0.397. The lowest BCUT2D eigenvalue weighted by atomic mass is 10.1. The van der Waals surface area contributed by atoms with Crippen LogP contribution >= 0.6 is 0 Å². The summed E-state index contributed by atoms with van der Waals surface area (Å²) in [6.07, 6.45) is 4.68. The van der Waals surface area contributed by atoms with Gasteiger partial charge in [-0.3, -0.25) is 0 Å². The van der Waals surface area contributed by atoms with Crippen LogP contribution in [0.25, 0.3) is 0 Å². The lowest BCUT2D eigenvalue weighted by Gasteiger charge is -2.15. The maximum atomic E-state index is 11.3. The lowest BCUT2D eigenvalue weighted by Crippen LogP contribution is -3.00. The Bertz CT molecular complexity index is 334. The Morgan fingerprint density at radius 3 is 3.08 bits per heavy atom. The molecule has 0 fully saturated rings. The number of rotatable bonds is 0. The van der Waals surface area contributed by atoms with Gasteiger partial charge in [-0.1, -0.05) is 0 Å². The number of imidazole rings is 1.